The summed E-state index contributed by atoms with van der Waals surface area (Å²) in [6.45, 7) is 1.03. The summed E-state index contributed by atoms with van der Waals surface area (Å²) >= 11 is 12.2. The van der Waals surface area contributed by atoms with Crippen LogP contribution in [0.15, 0.2) is 12.1 Å². The molecule has 2 aliphatic rings. The number of nitrogens with zero attached hydrogens (tertiary/aromatic N) is 1. The van der Waals surface area contributed by atoms with E-state index in [9.17, 15) is 9.59 Å². The molecular weight excluding hydrogens is 313 g/mol. The number of rotatable bonds is 2. The highest BCUT2D eigenvalue weighted by atomic mass is 35.5. The molecule has 0 aromatic heterocycles. The van der Waals surface area contributed by atoms with E-state index >= 15 is 0 Å². The van der Waals surface area contributed by atoms with Crippen LogP contribution in [0.1, 0.15) is 24.0 Å². The fraction of sp³-hybridized carbons (Fsp3) is 0.429. The molecule has 3 rings (SSSR count). The second kappa shape index (κ2) is 5.07. The third kappa shape index (κ3) is 2.68. The van der Waals surface area contributed by atoms with Gasteiger partial charge in [0.1, 0.15) is 5.54 Å². The van der Waals surface area contributed by atoms with E-state index in [0.29, 0.717) is 42.4 Å². The smallest absolute Gasteiger partial charge is 0.313 e. The number of nitrogens with one attached hydrogen (secondary N) is 1. The third-order valence-electron chi connectivity index (χ3n) is 4.05. The molecule has 0 radical (unpaired) electrons. The number of amides is 3. The Hall–Kier alpha value is -1.46. The summed E-state index contributed by atoms with van der Waals surface area (Å²) in [4.78, 5) is 25.4. The van der Waals surface area contributed by atoms with E-state index in [1.165, 1.54) is 0 Å². The maximum atomic E-state index is 12.6. The standard InChI is InChI=1S/C14H15Cl2N3O2/c15-9-5-8-7-19(4-1-10(8)11(16)6-9)12(20)14(2-3-14)18-13(17)21/h5-6H,1-4,7H2,(H3,17,18,21). The Kier molecular flexibility index (Phi) is 3.50. The Balaban J connectivity index is 1.80. The van der Waals surface area contributed by atoms with Crippen LogP contribution in [0.5, 0.6) is 0 Å². The van der Waals surface area contributed by atoms with Crippen molar-refractivity contribution in [3.63, 3.8) is 0 Å². The molecular formula is C14H15Cl2N3O2. The molecule has 7 heteroatoms. The quantitative estimate of drug-likeness (QED) is 0.872. The van der Waals surface area contributed by atoms with E-state index < -0.39 is 11.6 Å². The van der Waals surface area contributed by atoms with Crippen molar-refractivity contribution in [3.05, 3.63) is 33.3 Å². The Bertz CT molecular complexity index is 629. The minimum Gasteiger partial charge on any atom is -0.352 e. The summed E-state index contributed by atoms with van der Waals surface area (Å²) in [5.74, 6) is -0.0805. The van der Waals surface area contributed by atoms with Crippen LogP contribution >= 0.6 is 23.2 Å². The van der Waals surface area contributed by atoms with Crippen molar-refractivity contribution in [2.24, 2.45) is 5.73 Å². The number of urea groups is 1. The first-order valence-electron chi connectivity index (χ1n) is 6.75. The van der Waals surface area contributed by atoms with Crippen LogP contribution in [0.3, 0.4) is 0 Å². The van der Waals surface area contributed by atoms with Gasteiger partial charge in [0, 0.05) is 23.1 Å². The molecule has 0 spiro atoms. The first kappa shape index (κ1) is 14.5. The second-order valence-corrected chi connectivity index (χ2v) is 6.42. The van der Waals surface area contributed by atoms with Gasteiger partial charge in [0.2, 0.25) is 5.91 Å². The predicted octanol–water partition coefficient (Wildman–Crippen LogP) is 2.08. The van der Waals surface area contributed by atoms with Crippen molar-refractivity contribution in [2.45, 2.75) is 31.3 Å². The lowest BCUT2D eigenvalue weighted by Gasteiger charge is -2.32. The largest absolute Gasteiger partial charge is 0.352 e. The van der Waals surface area contributed by atoms with Crippen LogP contribution in [-0.2, 0) is 17.8 Å². The normalized spacial score (nSPS) is 18.9. The van der Waals surface area contributed by atoms with Gasteiger partial charge in [-0.15, -0.1) is 0 Å². The van der Waals surface area contributed by atoms with Gasteiger partial charge in [-0.3, -0.25) is 4.79 Å². The first-order valence-corrected chi connectivity index (χ1v) is 7.51. The highest BCUT2D eigenvalue weighted by Crippen LogP contribution is 2.39. The molecule has 1 aliphatic carbocycles. The van der Waals surface area contributed by atoms with Gasteiger partial charge in [-0.2, -0.15) is 0 Å². The zero-order chi connectivity index (χ0) is 15.2. The lowest BCUT2D eigenvalue weighted by molar-refractivity contribution is -0.135. The Morgan fingerprint density at radius 1 is 1.29 bits per heavy atom. The lowest BCUT2D eigenvalue weighted by Crippen LogP contribution is -2.53. The zero-order valence-electron chi connectivity index (χ0n) is 11.3. The van der Waals surface area contributed by atoms with Gasteiger partial charge in [0.25, 0.3) is 0 Å². The summed E-state index contributed by atoms with van der Waals surface area (Å²) in [6.07, 6.45) is 1.95. The second-order valence-electron chi connectivity index (χ2n) is 5.57. The zero-order valence-corrected chi connectivity index (χ0v) is 12.8. The SMILES string of the molecule is NC(=O)NC1(C(=O)N2CCc3c(Cl)cc(Cl)cc3C2)CC1. The molecule has 0 saturated heterocycles. The van der Waals surface area contributed by atoms with Crippen LogP contribution in [0.4, 0.5) is 4.79 Å². The van der Waals surface area contributed by atoms with Crippen LogP contribution in [0.2, 0.25) is 10.0 Å². The summed E-state index contributed by atoms with van der Waals surface area (Å²) in [5, 5.41) is 3.77. The number of carbonyl (C=O) groups excluding carboxylic acids is 2. The number of carbonyl (C=O) groups is 2. The molecule has 5 nitrogen and oxygen atoms in total. The van der Waals surface area contributed by atoms with E-state index in [2.05, 4.69) is 5.32 Å². The van der Waals surface area contributed by atoms with Crippen LogP contribution < -0.4 is 11.1 Å². The number of fused-ring (bicyclic) bond motifs is 1. The molecule has 3 N–H and O–H groups in total. The van der Waals surface area contributed by atoms with Gasteiger partial charge in [0.05, 0.1) is 0 Å². The van der Waals surface area contributed by atoms with E-state index in [-0.39, 0.29) is 5.91 Å². The number of benzene rings is 1. The fourth-order valence-corrected chi connectivity index (χ4v) is 3.47. The highest BCUT2D eigenvalue weighted by Gasteiger charge is 2.53. The lowest BCUT2D eigenvalue weighted by atomic mass is 9.99. The van der Waals surface area contributed by atoms with Crippen LogP contribution in [-0.4, -0.2) is 28.9 Å². The molecule has 0 bridgehead atoms. The maximum Gasteiger partial charge on any atom is 0.313 e. The molecule has 21 heavy (non-hydrogen) atoms. The number of hydrogen-bond donors (Lipinski definition) is 2. The molecule has 1 saturated carbocycles. The van der Waals surface area contributed by atoms with Crippen molar-refractivity contribution in [3.8, 4) is 0 Å². The Labute approximate surface area is 132 Å². The average molecular weight is 328 g/mol. The van der Waals surface area contributed by atoms with E-state index in [1.807, 2.05) is 6.07 Å². The van der Waals surface area contributed by atoms with Gasteiger partial charge in [-0.1, -0.05) is 23.2 Å². The average Bonchev–Trinajstić information content (AvgIpc) is 3.16. The van der Waals surface area contributed by atoms with Gasteiger partial charge in [-0.25, -0.2) is 4.79 Å². The molecule has 0 atom stereocenters. The van der Waals surface area contributed by atoms with Gasteiger partial charge in [-0.05, 0) is 42.5 Å². The van der Waals surface area contributed by atoms with E-state index in [0.717, 1.165) is 11.1 Å². The summed E-state index contributed by atoms with van der Waals surface area (Å²) < 4.78 is 0. The molecule has 3 amide bonds. The van der Waals surface area contributed by atoms with Gasteiger partial charge >= 0.3 is 6.03 Å². The molecule has 1 aliphatic heterocycles. The summed E-state index contributed by atoms with van der Waals surface area (Å²) in [7, 11) is 0. The predicted molar refractivity (Wildman–Crippen MR) is 80.3 cm³/mol. The monoisotopic (exact) mass is 327 g/mol. The fourth-order valence-electron chi connectivity index (χ4n) is 2.84. The number of hydrogen-bond acceptors (Lipinski definition) is 2. The minimum absolute atomic E-state index is 0.0805. The minimum atomic E-state index is -0.800. The van der Waals surface area contributed by atoms with Crippen molar-refractivity contribution in [1.29, 1.82) is 0 Å². The summed E-state index contributed by atoms with van der Waals surface area (Å²) in [6, 6.07) is 2.89. The number of halogens is 2. The van der Waals surface area contributed by atoms with Crippen molar-refractivity contribution in [2.75, 3.05) is 6.54 Å². The first-order chi connectivity index (χ1) is 9.91. The molecule has 112 valence electrons. The van der Waals surface area contributed by atoms with Gasteiger partial charge < -0.3 is 16.0 Å². The molecule has 1 fully saturated rings. The van der Waals surface area contributed by atoms with Crippen LogP contribution in [0, 0.1) is 0 Å². The van der Waals surface area contributed by atoms with E-state index in [4.69, 9.17) is 28.9 Å². The van der Waals surface area contributed by atoms with Crippen molar-refractivity contribution < 1.29 is 9.59 Å². The Morgan fingerprint density at radius 2 is 2.00 bits per heavy atom. The van der Waals surface area contributed by atoms with Crippen molar-refractivity contribution >= 4 is 35.1 Å². The molecule has 1 aromatic carbocycles. The van der Waals surface area contributed by atoms with E-state index in [1.54, 1.807) is 11.0 Å². The van der Waals surface area contributed by atoms with Gasteiger partial charge in [0.15, 0.2) is 0 Å². The molecule has 1 heterocycles. The highest BCUT2D eigenvalue weighted by molar-refractivity contribution is 6.35. The number of primary amides is 1. The Morgan fingerprint density at radius 3 is 2.62 bits per heavy atom. The molecule has 1 aromatic rings. The molecule has 0 unspecified atom stereocenters. The topological polar surface area (TPSA) is 75.4 Å². The number of nitrogens with two attached hydrogens (primary N) is 1. The van der Waals surface area contributed by atoms with Crippen LogP contribution in [0.25, 0.3) is 0 Å². The maximum absolute atomic E-state index is 12.6. The third-order valence-corrected chi connectivity index (χ3v) is 4.61. The van der Waals surface area contributed by atoms with Crippen molar-refractivity contribution in [1.82, 2.24) is 10.2 Å². The summed E-state index contributed by atoms with van der Waals surface area (Å²) in [5.41, 5.74) is 6.35.